The van der Waals surface area contributed by atoms with Gasteiger partial charge in [-0.15, -0.1) is 0 Å². The summed E-state index contributed by atoms with van der Waals surface area (Å²) >= 11 is 0. The fourth-order valence-corrected chi connectivity index (χ4v) is 3.23. The van der Waals surface area contributed by atoms with Gasteiger partial charge >= 0.3 is 6.18 Å². The molecule has 0 saturated carbocycles. The lowest BCUT2D eigenvalue weighted by atomic mass is 9.88. The van der Waals surface area contributed by atoms with Gasteiger partial charge in [0.05, 0.1) is 5.56 Å². The van der Waals surface area contributed by atoms with Crippen LogP contribution in [0.5, 0.6) is 0 Å². The molecular formula is C18H18F4N2. The van der Waals surface area contributed by atoms with Gasteiger partial charge in [-0.2, -0.15) is 13.2 Å². The van der Waals surface area contributed by atoms with Crippen LogP contribution >= 0.6 is 0 Å². The summed E-state index contributed by atoms with van der Waals surface area (Å²) in [4.78, 5) is 1.85. The van der Waals surface area contributed by atoms with Gasteiger partial charge in [0.2, 0.25) is 0 Å². The first-order valence-corrected chi connectivity index (χ1v) is 7.76. The zero-order valence-corrected chi connectivity index (χ0v) is 12.9. The van der Waals surface area contributed by atoms with Gasteiger partial charge in [-0.05, 0) is 42.3 Å². The monoisotopic (exact) mass is 338 g/mol. The molecule has 2 unspecified atom stereocenters. The molecule has 2 aromatic rings. The minimum Gasteiger partial charge on any atom is -0.369 e. The Kier molecular flexibility index (Phi) is 4.49. The zero-order valence-electron chi connectivity index (χ0n) is 12.9. The number of piperidine rings is 1. The van der Waals surface area contributed by atoms with Crippen LogP contribution in [0.4, 0.5) is 23.2 Å². The number of hydrogen-bond acceptors (Lipinski definition) is 2. The SMILES string of the molecule is NC1CC(c2cccc(F)c2)CN(c2cccc(C(F)(F)F)c2)C1. The van der Waals surface area contributed by atoms with Crippen molar-refractivity contribution in [1.29, 1.82) is 0 Å². The van der Waals surface area contributed by atoms with E-state index < -0.39 is 11.7 Å². The highest BCUT2D eigenvalue weighted by atomic mass is 19.4. The number of rotatable bonds is 2. The van der Waals surface area contributed by atoms with Crippen LogP contribution in [-0.2, 0) is 6.18 Å². The lowest BCUT2D eigenvalue weighted by molar-refractivity contribution is -0.137. The summed E-state index contributed by atoms with van der Waals surface area (Å²) in [5, 5.41) is 0. The molecule has 2 nitrogen and oxygen atoms in total. The standard InChI is InChI=1S/C18H18F4N2/c19-15-5-1-3-12(7-15)13-8-16(23)11-24(10-13)17-6-2-4-14(9-17)18(20,21)22/h1-7,9,13,16H,8,10-11,23H2. The Hall–Kier alpha value is -2.08. The Balaban J connectivity index is 1.86. The third kappa shape index (κ3) is 3.70. The van der Waals surface area contributed by atoms with Crippen molar-refractivity contribution in [3.8, 4) is 0 Å². The largest absolute Gasteiger partial charge is 0.416 e. The summed E-state index contributed by atoms with van der Waals surface area (Å²) in [5.41, 5.74) is 6.72. The number of halogens is 4. The molecule has 1 saturated heterocycles. The molecule has 24 heavy (non-hydrogen) atoms. The van der Waals surface area contributed by atoms with Gasteiger partial charge in [0.25, 0.3) is 0 Å². The number of nitrogens with two attached hydrogens (primary N) is 1. The highest BCUT2D eigenvalue weighted by molar-refractivity contribution is 5.50. The van der Waals surface area contributed by atoms with E-state index in [9.17, 15) is 17.6 Å². The zero-order chi connectivity index (χ0) is 17.3. The first-order valence-electron chi connectivity index (χ1n) is 7.76. The van der Waals surface area contributed by atoms with Crippen LogP contribution in [0.15, 0.2) is 48.5 Å². The average molecular weight is 338 g/mol. The molecule has 0 amide bonds. The molecule has 1 aliphatic heterocycles. The molecule has 1 fully saturated rings. The molecule has 3 rings (SSSR count). The number of benzene rings is 2. The van der Waals surface area contributed by atoms with E-state index in [1.165, 1.54) is 18.2 Å². The highest BCUT2D eigenvalue weighted by Crippen LogP contribution is 2.34. The molecule has 0 bridgehead atoms. The molecule has 0 aliphatic carbocycles. The van der Waals surface area contributed by atoms with Gasteiger partial charge in [0.15, 0.2) is 0 Å². The second-order valence-electron chi connectivity index (χ2n) is 6.20. The quantitative estimate of drug-likeness (QED) is 0.833. The van der Waals surface area contributed by atoms with Crippen LogP contribution in [-0.4, -0.2) is 19.1 Å². The minimum atomic E-state index is -4.38. The van der Waals surface area contributed by atoms with E-state index >= 15 is 0 Å². The van der Waals surface area contributed by atoms with Gasteiger partial charge in [-0.25, -0.2) is 4.39 Å². The summed E-state index contributed by atoms with van der Waals surface area (Å²) in [6, 6.07) is 11.4. The third-order valence-electron chi connectivity index (χ3n) is 4.34. The van der Waals surface area contributed by atoms with Gasteiger partial charge in [0.1, 0.15) is 5.82 Å². The van der Waals surface area contributed by atoms with Crippen LogP contribution in [0.1, 0.15) is 23.5 Å². The van der Waals surface area contributed by atoms with E-state index in [0.29, 0.717) is 25.2 Å². The van der Waals surface area contributed by atoms with Crippen molar-refractivity contribution in [1.82, 2.24) is 0 Å². The smallest absolute Gasteiger partial charge is 0.369 e. The maximum absolute atomic E-state index is 13.5. The topological polar surface area (TPSA) is 29.3 Å². The summed E-state index contributed by atoms with van der Waals surface area (Å²) in [7, 11) is 0. The van der Waals surface area contributed by atoms with E-state index in [0.717, 1.165) is 17.7 Å². The fraction of sp³-hybridized carbons (Fsp3) is 0.333. The maximum atomic E-state index is 13.5. The molecule has 1 heterocycles. The van der Waals surface area contributed by atoms with Gasteiger partial charge in [0, 0.05) is 30.7 Å². The van der Waals surface area contributed by atoms with Crippen LogP contribution in [0.2, 0.25) is 0 Å². The van der Waals surface area contributed by atoms with E-state index in [-0.39, 0.29) is 17.8 Å². The molecule has 0 spiro atoms. The first kappa shape index (κ1) is 16.8. The van der Waals surface area contributed by atoms with E-state index in [1.807, 2.05) is 11.0 Å². The molecule has 0 radical (unpaired) electrons. The molecule has 0 aromatic heterocycles. The lowest BCUT2D eigenvalue weighted by Crippen LogP contribution is -2.46. The summed E-state index contributed by atoms with van der Waals surface area (Å²) in [6.07, 6.45) is -3.70. The number of anilines is 1. The maximum Gasteiger partial charge on any atom is 0.416 e. The molecule has 6 heteroatoms. The van der Waals surface area contributed by atoms with Crippen LogP contribution in [0.25, 0.3) is 0 Å². The Morgan fingerprint density at radius 2 is 1.75 bits per heavy atom. The number of alkyl halides is 3. The van der Waals surface area contributed by atoms with Gasteiger partial charge in [-0.1, -0.05) is 18.2 Å². The van der Waals surface area contributed by atoms with E-state index in [4.69, 9.17) is 5.73 Å². The predicted octanol–water partition coefficient (Wildman–Crippen LogP) is 4.17. The van der Waals surface area contributed by atoms with E-state index in [2.05, 4.69) is 0 Å². The van der Waals surface area contributed by atoms with Crippen molar-refractivity contribution < 1.29 is 17.6 Å². The minimum absolute atomic E-state index is 0.0148. The lowest BCUT2D eigenvalue weighted by Gasteiger charge is -2.38. The molecule has 128 valence electrons. The highest BCUT2D eigenvalue weighted by Gasteiger charge is 2.32. The molecular weight excluding hydrogens is 320 g/mol. The third-order valence-corrected chi connectivity index (χ3v) is 4.34. The molecule has 2 aromatic carbocycles. The normalized spacial score (nSPS) is 21.8. The second kappa shape index (κ2) is 6.43. The van der Waals surface area contributed by atoms with Gasteiger partial charge < -0.3 is 10.6 Å². The van der Waals surface area contributed by atoms with Crippen LogP contribution < -0.4 is 10.6 Å². The van der Waals surface area contributed by atoms with Crippen molar-refractivity contribution in [2.24, 2.45) is 5.73 Å². The van der Waals surface area contributed by atoms with E-state index in [1.54, 1.807) is 12.1 Å². The molecule has 2 atom stereocenters. The first-order chi connectivity index (χ1) is 11.3. The Labute approximate surface area is 137 Å². The second-order valence-corrected chi connectivity index (χ2v) is 6.20. The van der Waals surface area contributed by atoms with Crippen molar-refractivity contribution in [3.05, 3.63) is 65.5 Å². The van der Waals surface area contributed by atoms with Crippen molar-refractivity contribution >= 4 is 5.69 Å². The molecule has 2 N–H and O–H groups in total. The number of hydrogen-bond donors (Lipinski definition) is 1. The molecule has 1 aliphatic rings. The Morgan fingerprint density at radius 3 is 2.46 bits per heavy atom. The summed E-state index contributed by atoms with van der Waals surface area (Å²) in [5.74, 6) is -0.337. The van der Waals surface area contributed by atoms with Crippen LogP contribution in [0, 0.1) is 5.82 Å². The van der Waals surface area contributed by atoms with Crippen LogP contribution in [0.3, 0.4) is 0 Å². The fourth-order valence-electron chi connectivity index (χ4n) is 3.23. The average Bonchev–Trinajstić information content (AvgIpc) is 2.54. The Morgan fingerprint density at radius 1 is 1.00 bits per heavy atom. The van der Waals surface area contributed by atoms with Crippen molar-refractivity contribution in [2.45, 2.75) is 24.6 Å². The van der Waals surface area contributed by atoms with Gasteiger partial charge in [-0.3, -0.25) is 0 Å². The number of nitrogens with zero attached hydrogens (tertiary/aromatic N) is 1. The predicted molar refractivity (Wildman–Crippen MR) is 85.4 cm³/mol. The van der Waals surface area contributed by atoms with Crippen molar-refractivity contribution in [2.75, 3.05) is 18.0 Å². The van der Waals surface area contributed by atoms with Crippen molar-refractivity contribution in [3.63, 3.8) is 0 Å². The summed E-state index contributed by atoms with van der Waals surface area (Å²) in [6.45, 7) is 0.992. The summed E-state index contributed by atoms with van der Waals surface area (Å²) < 4.78 is 52.2. The Bertz CT molecular complexity index is 714.